The summed E-state index contributed by atoms with van der Waals surface area (Å²) in [5.74, 6) is 0.902. The SMILES string of the molecule is COc1cc(C(=O)C2CNC(c3ccc(C(F)(F)F)cc3)N2)cc(OC)c1OC. The van der Waals surface area contributed by atoms with Gasteiger partial charge < -0.3 is 14.2 Å². The van der Waals surface area contributed by atoms with E-state index in [2.05, 4.69) is 10.6 Å². The second-order valence-electron chi connectivity index (χ2n) is 6.46. The van der Waals surface area contributed by atoms with Gasteiger partial charge in [-0.2, -0.15) is 13.2 Å². The Hall–Kier alpha value is -2.78. The molecule has 156 valence electrons. The number of ether oxygens (including phenoxy) is 3. The highest BCUT2D eigenvalue weighted by atomic mass is 19.4. The zero-order valence-corrected chi connectivity index (χ0v) is 16.1. The third-order valence-corrected chi connectivity index (χ3v) is 4.73. The Labute approximate surface area is 166 Å². The number of rotatable bonds is 6. The lowest BCUT2D eigenvalue weighted by Gasteiger charge is -2.16. The summed E-state index contributed by atoms with van der Waals surface area (Å²) in [5.41, 5.74) is 0.259. The topological polar surface area (TPSA) is 68.8 Å². The molecule has 2 N–H and O–H groups in total. The van der Waals surface area contributed by atoms with E-state index in [4.69, 9.17) is 14.2 Å². The van der Waals surface area contributed by atoms with Gasteiger partial charge in [0.15, 0.2) is 17.3 Å². The zero-order chi connectivity index (χ0) is 21.2. The van der Waals surface area contributed by atoms with E-state index >= 15 is 0 Å². The highest BCUT2D eigenvalue weighted by Gasteiger charge is 2.33. The van der Waals surface area contributed by atoms with Gasteiger partial charge in [-0.1, -0.05) is 12.1 Å². The van der Waals surface area contributed by atoms with E-state index in [0.717, 1.165) is 12.1 Å². The van der Waals surface area contributed by atoms with Gasteiger partial charge in [-0.15, -0.1) is 0 Å². The van der Waals surface area contributed by atoms with E-state index in [0.29, 0.717) is 34.9 Å². The summed E-state index contributed by atoms with van der Waals surface area (Å²) in [5, 5.41) is 6.22. The van der Waals surface area contributed by atoms with Crippen LogP contribution in [0.4, 0.5) is 13.2 Å². The summed E-state index contributed by atoms with van der Waals surface area (Å²) >= 11 is 0. The van der Waals surface area contributed by atoms with Crippen molar-refractivity contribution in [1.29, 1.82) is 0 Å². The molecule has 1 heterocycles. The summed E-state index contributed by atoms with van der Waals surface area (Å²) < 4.78 is 54.0. The van der Waals surface area contributed by atoms with Crippen molar-refractivity contribution in [1.82, 2.24) is 10.6 Å². The molecule has 0 aliphatic carbocycles. The van der Waals surface area contributed by atoms with Gasteiger partial charge >= 0.3 is 6.18 Å². The third kappa shape index (κ3) is 4.30. The third-order valence-electron chi connectivity index (χ3n) is 4.73. The summed E-state index contributed by atoms with van der Waals surface area (Å²) in [6, 6.07) is 7.39. The van der Waals surface area contributed by atoms with Crippen LogP contribution in [0.1, 0.15) is 27.7 Å². The quantitative estimate of drug-likeness (QED) is 0.713. The van der Waals surface area contributed by atoms with Gasteiger partial charge in [0.25, 0.3) is 0 Å². The Kier molecular flexibility index (Phi) is 5.99. The molecule has 2 aromatic rings. The molecule has 0 bridgehead atoms. The molecule has 0 spiro atoms. The first kappa shape index (κ1) is 20.9. The minimum absolute atomic E-state index is 0.203. The maximum absolute atomic E-state index is 12.9. The Bertz CT molecular complexity index is 859. The molecule has 1 aliphatic heterocycles. The second kappa shape index (κ2) is 8.30. The average Bonchev–Trinajstić information content (AvgIpc) is 3.21. The number of hydrogen-bond donors (Lipinski definition) is 2. The predicted octanol–water partition coefficient (Wildman–Crippen LogP) is 3.17. The lowest BCUT2D eigenvalue weighted by molar-refractivity contribution is -0.137. The van der Waals surface area contributed by atoms with Crippen LogP contribution in [-0.2, 0) is 6.18 Å². The molecule has 1 aliphatic rings. The normalized spacial score (nSPS) is 19.1. The smallest absolute Gasteiger partial charge is 0.416 e. The van der Waals surface area contributed by atoms with Crippen molar-refractivity contribution in [2.75, 3.05) is 27.9 Å². The molecule has 0 saturated carbocycles. The molecule has 9 heteroatoms. The highest BCUT2D eigenvalue weighted by Crippen LogP contribution is 2.38. The van der Waals surface area contributed by atoms with Crippen LogP contribution in [0, 0.1) is 0 Å². The number of carbonyl (C=O) groups is 1. The molecule has 2 atom stereocenters. The minimum Gasteiger partial charge on any atom is -0.493 e. The van der Waals surface area contributed by atoms with Crippen molar-refractivity contribution in [3.63, 3.8) is 0 Å². The van der Waals surface area contributed by atoms with Gasteiger partial charge in [0.1, 0.15) is 0 Å². The average molecular weight is 410 g/mol. The first-order valence-corrected chi connectivity index (χ1v) is 8.79. The standard InChI is InChI=1S/C20H21F3N2O4/c1-27-15-8-12(9-16(28-2)18(15)29-3)17(26)14-10-24-19(25-14)11-4-6-13(7-5-11)20(21,22)23/h4-9,14,19,24-25H,10H2,1-3H3. The molecule has 2 aromatic carbocycles. The number of Topliss-reactive ketones (excluding diaryl/α,β-unsaturated/α-hetero) is 1. The molecule has 0 amide bonds. The van der Waals surface area contributed by atoms with E-state index in [1.165, 1.54) is 33.5 Å². The van der Waals surface area contributed by atoms with E-state index in [-0.39, 0.29) is 5.78 Å². The zero-order valence-electron chi connectivity index (χ0n) is 16.1. The summed E-state index contributed by atoms with van der Waals surface area (Å²) in [6.45, 7) is 0.321. The lowest BCUT2D eigenvalue weighted by Crippen LogP contribution is -2.34. The fraction of sp³-hybridized carbons (Fsp3) is 0.350. The Morgan fingerprint density at radius 1 is 1.00 bits per heavy atom. The number of alkyl halides is 3. The van der Waals surface area contributed by atoms with E-state index in [9.17, 15) is 18.0 Å². The van der Waals surface area contributed by atoms with Crippen molar-refractivity contribution in [2.45, 2.75) is 18.4 Å². The maximum atomic E-state index is 12.9. The van der Waals surface area contributed by atoms with Gasteiger partial charge in [0.05, 0.1) is 39.1 Å². The number of nitrogens with one attached hydrogen (secondary N) is 2. The number of hydrogen-bond acceptors (Lipinski definition) is 6. The van der Waals surface area contributed by atoms with Gasteiger partial charge in [0, 0.05) is 12.1 Å². The first-order valence-electron chi connectivity index (χ1n) is 8.79. The van der Waals surface area contributed by atoms with Crippen molar-refractivity contribution in [3.8, 4) is 17.2 Å². The van der Waals surface area contributed by atoms with Crippen LogP contribution in [0.25, 0.3) is 0 Å². The Balaban J connectivity index is 1.77. The number of methoxy groups -OCH3 is 3. The number of ketones is 1. The molecule has 1 fully saturated rings. The van der Waals surface area contributed by atoms with E-state index < -0.39 is 23.9 Å². The number of carbonyl (C=O) groups excluding carboxylic acids is 1. The van der Waals surface area contributed by atoms with Crippen LogP contribution in [0.2, 0.25) is 0 Å². The van der Waals surface area contributed by atoms with Gasteiger partial charge in [-0.25, -0.2) is 0 Å². The monoisotopic (exact) mass is 410 g/mol. The molecule has 0 aromatic heterocycles. The van der Waals surface area contributed by atoms with Crippen LogP contribution in [0.3, 0.4) is 0 Å². The fourth-order valence-corrected chi connectivity index (χ4v) is 3.23. The molecule has 0 radical (unpaired) electrons. The van der Waals surface area contributed by atoms with Crippen LogP contribution in [0.15, 0.2) is 36.4 Å². The maximum Gasteiger partial charge on any atom is 0.416 e. The molecule has 29 heavy (non-hydrogen) atoms. The van der Waals surface area contributed by atoms with Gasteiger partial charge in [-0.05, 0) is 29.8 Å². The fourth-order valence-electron chi connectivity index (χ4n) is 3.23. The second-order valence-corrected chi connectivity index (χ2v) is 6.46. The van der Waals surface area contributed by atoms with Gasteiger partial charge in [-0.3, -0.25) is 15.4 Å². The molecule has 1 saturated heterocycles. The Morgan fingerprint density at radius 3 is 2.07 bits per heavy atom. The minimum atomic E-state index is -4.39. The largest absolute Gasteiger partial charge is 0.493 e. The Morgan fingerprint density at radius 2 is 1.59 bits per heavy atom. The van der Waals surface area contributed by atoms with Crippen molar-refractivity contribution in [3.05, 3.63) is 53.1 Å². The van der Waals surface area contributed by atoms with Crippen molar-refractivity contribution in [2.24, 2.45) is 0 Å². The van der Waals surface area contributed by atoms with Crippen LogP contribution >= 0.6 is 0 Å². The predicted molar refractivity (Wildman–Crippen MR) is 99.5 cm³/mol. The van der Waals surface area contributed by atoms with Gasteiger partial charge in [0.2, 0.25) is 5.75 Å². The highest BCUT2D eigenvalue weighted by molar-refractivity contribution is 6.01. The first-order chi connectivity index (χ1) is 13.8. The number of benzene rings is 2. The molecule has 3 rings (SSSR count). The van der Waals surface area contributed by atoms with Crippen molar-refractivity contribution >= 4 is 5.78 Å². The lowest BCUT2D eigenvalue weighted by atomic mass is 10.0. The van der Waals surface area contributed by atoms with E-state index in [1.807, 2.05) is 0 Å². The summed E-state index contributed by atoms with van der Waals surface area (Å²) in [7, 11) is 4.39. The molecular formula is C20H21F3N2O4. The molecule has 2 unspecified atom stereocenters. The van der Waals surface area contributed by atoms with Crippen LogP contribution < -0.4 is 24.8 Å². The summed E-state index contributed by atoms with van der Waals surface area (Å²) in [4.78, 5) is 12.9. The van der Waals surface area contributed by atoms with Crippen LogP contribution in [0.5, 0.6) is 17.2 Å². The van der Waals surface area contributed by atoms with Crippen LogP contribution in [-0.4, -0.2) is 39.7 Å². The molecular weight excluding hydrogens is 389 g/mol. The molecule has 6 nitrogen and oxygen atoms in total. The number of halogens is 3. The summed E-state index contributed by atoms with van der Waals surface area (Å²) in [6.07, 6.45) is -4.83. The van der Waals surface area contributed by atoms with Crippen molar-refractivity contribution < 1.29 is 32.2 Å². The van der Waals surface area contributed by atoms with E-state index in [1.54, 1.807) is 12.1 Å².